The maximum absolute atomic E-state index is 9.80. The number of hydrogen-bond acceptors (Lipinski definition) is 3. The number of likely N-dealkylation sites (N-methyl/N-ethyl adjacent to an activating group) is 1. The average Bonchev–Trinajstić information content (AvgIpc) is 2.87. The highest BCUT2D eigenvalue weighted by molar-refractivity contribution is 9.10. The van der Waals surface area contributed by atoms with Crippen LogP contribution in [0, 0.1) is 5.92 Å². The monoisotopic (exact) mass is 378 g/mol. The van der Waals surface area contributed by atoms with E-state index >= 15 is 0 Å². The average molecular weight is 379 g/mol. The van der Waals surface area contributed by atoms with Gasteiger partial charge in [-0.1, -0.05) is 48.5 Å². The van der Waals surface area contributed by atoms with E-state index in [4.69, 9.17) is 0 Å². The van der Waals surface area contributed by atoms with Crippen molar-refractivity contribution in [2.24, 2.45) is 5.92 Å². The molecule has 0 radical (unpaired) electrons. The minimum absolute atomic E-state index is 0.185. The SMILES string of the molecule is C=C(N/C=C(/c1ccc(Br)cc1)C(C)CC)C1CC(O)CN1C. The van der Waals surface area contributed by atoms with Gasteiger partial charge in [-0.15, -0.1) is 0 Å². The lowest BCUT2D eigenvalue weighted by molar-refractivity contribution is 0.182. The number of aliphatic hydroxyl groups excluding tert-OH is 1. The second-order valence-corrected chi connectivity index (χ2v) is 7.35. The van der Waals surface area contributed by atoms with Gasteiger partial charge < -0.3 is 10.4 Å². The Hall–Kier alpha value is -1.10. The number of aliphatic hydroxyl groups is 1. The number of halogens is 1. The molecule has 126 valence electrons. The summed E-state index contributed by atoms with van der Waals surface area (Å²) >= 11 is 3.49. The van der Waals surface area contributed by atoms with Crippen molar-refractivity contribution in [1.82, 2.24) is 10.2 Å². The van der Waals surface area contributed by atoms with E-state index in [0.717, 1.165) is 23.0 Å². The van der Waals surface area contributed by atoms with Crippen molar-refractivity contribution in [2.45, 2.75) is 38.8 Å². The van der Waals surface area contributed by atoms with Gasteiger partial charge in [0.25, 0.3) is 0 Å². The molecule has 3 nitrogen and oxygen atoms in total. The Morgan fingerprint density at radius 2 is 2.13 bits per heavy atom. The van der Waals surface area contributed by atoms with Crippen molar-refractivity contribution in [3.05, 3.63) is 52.8 Å². The first-order chi connectivity index (χ1) is 10.9. The zero-order valence-electron chi connectivity index (χ0n) is 14.2. The van der Waals surface area contributed by atoms with Gasteiger partial charge in [-0.2, -0.15) is 0 Å². The Morgan fingerprint density at radius 3 is 2.65 bits per heavy atom. The molecule has 3 unspecified atom stereocenters. The lowest BCUT2D eigenvalue weighted by Crippen LogP contribution is -2.31. The molecule has 1 aliphatic heterocycles. The van der Waals surface area contributed by atoms with Crippen molar-refractivity contribution in [1.29, 1.82) is 0 Å². The van der Waals surface area contributed by atoms with Crippen LogP contribution in [0.3, 0.4) is 0 Å². The normalized spacial score (nSPS) is 23.8. The zero-order valence-corrected chi connectivity index (χ0v) is 15.8. The molecule has 4 heteroatoms. The van der Waals surface area contributed by atoms with Crippen molar-refractivity contribution in [2.75, 3.05) is 13.6 Å². The predicted molar refractivity (Wildman–Crippen MR) is 101 cm³/mol. The first kappa shape index (κ1) is 18.2. The Labute approximate surface area is 148 Å². The van der Waals surface area contributed by atoms with Gasteiger partial charge in [0.1, 0.15) is 0 Å². The molecule has 1 fully saturated rings. The molecule has 23 heavy (non-hydrogen) atoms. The molecule has 2 N–H and O–H groups in total. The largest absolute Gasteiger partial charge is 0.392 e. The third-order valence-electron chi connectivity index (χ3n) is 4.66. The standard InChI is InChI=1S/C19H27BrN2O/c1-5-13(2)18(15-6-8-16(20)9-7-15)11-21-14(3)19-10-17(23)12-22(19)4/h6-9,11,13,17,19,21,23H,3,5,10,12H2,1-2,4H3/b18-11+. The van der Waals surface area contributed by atoms with Crippen LogP contribution in [0.4, 0.5) is 0 Å². The van der Waals surface area contributed by atoms with Crippen LogP contribution in [0.15, 0.2) is 47.2 Å². The van der Waals surface area contributed by atoms with E-state index in [2.05, 4.69) is 77.0 Å². The molecular weight excluding hydrogens is 352 g/mol. The van der Waals surface area contributed by atoms with Crippen LogP contribution in [0.2, 0.25) is 0 Å². The topological polar surface area (TPSA) is 35.5 Å². The van der Waals surface area contributed by atoms with Gasteiger partial charge in [0.05, 0.1) is 12.1 Å². The third kappa shape index (κ3) is 4.69. The molecule has 1 aromatic rings. The third-order valence-corrected chi connectivity index (χ3v) is 5.19. The van der Waals surface area contributed by atoms with Gasteiger partial charge in [-0.25, -0.2) is 0 Å². The van der Waals surface area contributed by atoms with E-state index < -0.39 is 0 Å². The number of nitrogens with one attached hydrogen (secondary N) is 1. The number of hydrogen-bond donors (Lipinski definition) is 2. The van der Waals surface area contributed by atoms with E-state index in [-0.39, 0.29) is 12.1 Å². The highest BCUT2D eigenvalue weighted by atomic mass is 79.9. The van der Waals surface area contributed by atoms with Crippen molar-refractivity contribution >= 4 is 21.5 Å². The fraction of sp³-hybridized carbons (Fsp3) is 0.474. The van der Waals surface area contributed by atoms with Crippen molar-refractivity contribution in [3.8, 4) is 0 Å². The van der Waals surface area contributed by atoms with Gasteiger partial charge in [0, 0.05) is 22.9 Å². The summed E-state index contributed by atoms with van der Waals surface area (Å²) in [5.74, 6) is 0.461. The van der Waals surface area contributed by atoms with Gasteiger partial charge in [-0.3, -0.25) is 4.90 Å². The summed E-state index contributed by atoms with van der Waals surface area (Å²) in [5.41, 5.74) is 3.45. The molecule has 1 aromatic carbocycles. The molecule has 1 saturated heterocycles. The smallest absolute Gasteiger partial charge is 0.0686 e. The number of nitrogens with zero attached hydrogens (tertiary/aromatic N) is 1. The first-order valence-electron chi connectivity index (χ1n) is 8.22. The molecule has 1 heterocycles. The van der Waals surface area contributed by atoms with Crippen LogP contribution in [0.25, 0.3) is 5.57 Å². The highest BCUT2D eigenvalue weighted by Gasteiger charge is 2.29. The Balaban J connectivity index is 2.14. The maximum atomic E-state index is 9.80. The van der Waals surface area contributed by atoms with Crippen LogP contribution in [-0.2, 0) is 0 Å². The van der Waals surface area contributed by atoms with Crippen LogP contribution in [0.1, 0.15) is 32.3 Å². The summed E-state index contributed by atoms with van der Waals surface area (Å²) in [6.45, 7) is 9.32. The van der Waals surface area contributed by atoms with Crippen LogP contribution < -0.4 is 5.32 Å². The molecular formula is C19H27BrN2O. The van der Waals surface area contributed by atoms with E-state index in [0.29, 0.717) is 12.5 Å². The van der Waals surface area contributed by atoms with E-state index in [1.54, 1.807) is 0 Å². The minimum atomic E-state index is -0.256. The number of allylic oxidation sites excluding steroid dienone is 1. The Morgan fingerprint density at radius 1 is 1.48 bits per heavy atom. The second-order valence-electron chi connectivity index (χ2n) is 6.43. The summed E-state index contributed by atoms with van der Waals surface area (Å²) in [7, 11) is 2.03. The summed E-state index contributed by atoms with van der Waals surface area (Å²) in [6, 6.07) is 8.60. The Kier molecular flexibility index (Phi) is 6.45. The lowest BCUT2D eigenvalue weighted by Gasteiger charge is -2.22. The van der Waals surface area contributed by atoms with E-state index in [9.17, 15) is 5.11 Å². The summed E-state index contributed by atoms with van der Waals surface area (Å²) in [5, 5.41) is 13.2. The zero-order chi connectivity index (χ0) is 17.0. The van der Waals surface area contributed by atoms with Gasteiger partial charge in [0.2, 0.25) is 0 Å². The molecule has 0 spiro atoms. The quantitative estimate of drug-likeness (QED) is 0.784. The molecule has 0 amide bonds. The summed E-state index contributed by atoms with van der Waals surface area (Å²) in [4.78, 5) is 2.15. The number of rotatable bonds is 6. The molecule has 3 atom stereocenters. The minimum Gasteiger partial charge on any atom is -0.392 e. The van der Waals surface area contributed by atoms with Crippen molar-refractivity contribution in [3.63, 3.8) is 0 Å². The number of benzene rings is 1. The molecule has 1 aliphatic rings. The fourth-order valence-corrected chi connectivity index (χ4v) is 3.28. The maximum Gasteiger partial charge on any atom is 0.0686 e. The lowest BCUT2D eigenvalue weighted by atomic mass is 9.93. The second kappa shape index (κ2) is 8.13. The first-order valence-corrected chi connectivity index (χ1v) is 9.01. The van der Waals surface area contributed by atoms with Crippen LogP contribution in [0.5, 0.6) is 0 Å². The molecule has 2 rings (SSSR count). The predicted octanol–water partition coefficient (Wildman–Crippen LogP) is 4.00. The van der Waals surface area contributed by atoms with Gasteiger partial charge in [0.15, 0.2) is 0 Å². The highest BCUT2D eigenvalue weighted by Crippen LogP contribution is 2.27. The molecule has 0 aromatic heterocycles. The number of likely N-dealkylation sites (tertiary alicyclic amines) is 1. The van der Waals surface area contributed by atoms with Crippen LogP contribution in [-0.4, -0.2) is 35.7 Å². The summed E-state index contributed by atoms with van der Waals surface area (Å²) < 4.78 is 1.09. The fourth-order valence-electron chi connectivity index (χ4n) is 3.02. The molecule has 0 saturated carbocycles. The molecule has 0 aliphatic carbocycles. The van der Waals surface area contributed by atoms with E-state index in [1.807, 2.05) is 7.05 Å². The Bertz CT molecular complexity index is 567. The van der Waals surface area contributed by atoms with Crippen LogP contribution >= 0.6 is 15.9 Å². The number of β-amino-alcohol motifs (C(OH)–C–C–N with tert-alkyl or cyclic N) is 1. The molecule has 0 bridgehead atoms. The van der Waals surface area contributed by atoms with Gasteiger partial charge >= 0.3 is 0 Å². The summed E-state index contributed by atoms with van der Waals surface area (Å²) in [6.07, 6.45) is 3.65. The van der Waals surface area contributed by atoms with Crippen molar-refractivity contribution < 1.29 is 5.11 Å². The van der Waals surface area contributed by atoms with Gasteiger partial charge in [-0.05, 0) is 49.1 Å². The van der Waals surface area contributed by atoms with E-state index in [1.165, 1.54) is 11.1 Å².